The summed E-state index contributed by atoms with van der Waals surface area (Å²) in [6.07, 6.45) is -3.11. The predicted octanol–water partition coefficient (Wildman–Crippen LogP) is 1.99. The number of aromatic nitrogens is 2. The third-order valence-corrected chi connectivity index (χ3v) is 2.17. The molecular formula is C10H10F3N5O. The Morgan fingerprint density at radius 1 is 1.32 bits per heavy atom. The summed E-state index contributed by atoms with van der Waals surface area (Å²) in [6, 6.07) is 4.15. The number of nitrogens with zero attached hydrogens (tertiary/aromatic N) is 2. The fourth-order valence-electron chi connectivity index (χ4n) is 1.34. The van der Waals surface area contributed by atoms with Crippen LogP contribution in [0.5, 0.6) is 0 Å². The lowest BCUT2D eigenvalue weighted by Gasteiger charge is -2.10. The molecule has 9 heteroatoms. The first-order chi connectivity index (χ1) is 8.99. The average Bonchev–Trinajstić information content (AvgIpc) is 2.88. The van der Waals surface area contributed by atoms with Crippen LogP contribution in [0.2, 0.25) is 0 Å². The standard InChI is InChI=1S/C10H10F3N5O/c11-10(12,13)7-4-8(17-9(16-7)18-14)15-5-6-2-1-3-19-6/h1-4H,5,14H2,(H2,15,16,17,18). The number of furan rings is 1. The van der Waals surface area contributed by atoms with Crippen LogP contribution in [-0.2, 0) is 12.7 Å². The smallest absolute Gasteiger partial charge is 0.433 e. The van der Waals surface area contributed by atoms with Gasteiger partial charge in [0.2, 0.25) is 5.95 Å². The third kappa shape index (κ3) is 3.35. The molecule has 4 N–H and O–H groups in total. The van der Waals surface area contributed by atoms with Gasteiger partial charge >= 0.3 is 6.18 Å². The van der Waals surface area contributed by atoms with E-state index in [2.05, 4.69) is 15.3 Å². The van der Waals surface area contributed by atoms with Crippen molar-refractivity contribution >= 4 is 11.8 Å². The molecule has 0 aromatic carbocycles. The van der Waals surface area contributed by atoms with Gasteiger partial charge in [-0.25, -0.2) is 10.8 Å². The fraction of sp³-hybridized carbons (Fsp3) is 0.200. The highest BCUT2D eigenvalue weighted by Crippen LogP contribution is 2.29. The number of nitrogen functional groups attached to an aromatic ring is 1. The van der Waals surface area contributed by atoms with Gasteiger partial charge < -0.3 is 9.73 Å². The molecule has 19 heavy (non-hydrogen) atoms. The number of anilines is 2. The van der Waals surface area contributed by atoms with Crippen LogP contribution in [0.3, 0.4) is 0 Å². The van der Waals surface area contributed by atoms with Gasteiger partial charge in [0.15, 0.2) is 5.69 Å². The molecule has 0 amide bonds. The Kier molecular flexibility index (Phi) is 3.56. The molecule has 0 aliphatic heterocycles. The Morgan fingerprint density at radius 2 is 2.11 bits per heavy atom. The minimum Gasteiger partial charge on any atom is -0.467 e. The molecule has 0 saturated carbocycles. The SMILES string of the molecule is NNc1nc(NCc2ccco2)cc(C(F)(F)F)n1. The highest BCUT2D eigenvalue weighted by molar-refractivity contribution is 5.42. The van der Waals surface area contributed by atoms with E-state index in [0.29, 0.717) is 5.76 Å². The first kappa shape index (κ1) is 13.1. The average molecular weight is 273 g/mol. The lowest BCUT2D eigenvalue weighted by Crippen LogP contribution is -2.16. The number of hydrogen-bond acceptors (Lipinski definition) is 6. The number of nitrogens with two attached hydrogens (primary N) is 1. The molecule has 2 aromatic heterocycles. The zero-order chi connectivity index (χ0) is 13.9. The Balaban J connectivity index is 2.19. The number of alkyl halides is 3. The van der Waals surface area contributed by atoms with E-state index in [4.69, 9.17) is 10.3 Å². The van der Waals surface area contributed by atoms with Gasteiger partial charge in [0.25, 0.3) is 0 Å². The van der Waals surface area contributed by atoms with Crippen LogP contribution in [0.25, 0.3) is 0 Å². The van der Waals surface area contributed by atoms with Crippen molar-refractivity contribution in [2.45, 2.75) is 12.7 Å². The van der Waals surface area contributed by atoms with E-state index in [-0.39, 0.29) is 18.3 Å². The normalized spacial score (nSPS) is 11.4. The van der Waals surface area contributed by atoms with E-state index in [0.717, 1.165) is 6.07 Å². The van der Waals surface area contributed by atoms with Gasteiger partial charge in [0, 0.05) is 6.07 Å². The van der Waals surface area contributed by atoms with Crippen molar-refractivity contribution in [1.82, 2.24) is 9.97 Å². The number of nitrogens with one attached hydrogen (secondary N) is 2. The summed E-state index contributed by atoms with van der Waals surface area (Å²) in [5.74, 6) is 5.27. The second-order valence-corrected chi connectivity index (χ2v) is 3.54. The Bertz CT molecular complexity index is 541. The zero-order valence-corrected chi connectivity index (χ0v) is 9.53. The second kappa shape index (κ2) is 5.14. The summed E-state index contributed by atoms with van der Waals surface area (Å²) in [5.41, 5.74) is 0.902. The maximum Gasteiger partial charge on any atom is 0.433 e. The molecule has 0 saturated heterocycles. The number of hydrogen-bond donors (Lipinski definition) is 3. The van der Waals surface area contributed by atoms with Crippen LogP contribution in [-0.4, -0.2) is 9.97 Å². The topological polar surface area (TPSA) is 89.0 Å². The summed E-state index contributed by atoms with van der Waals surface area (Å²) < 4.78 is 42.8. The van der Waals surface area contributed by atoms with E-state index in [9.17, 15) is 13.2 Å². The molecule has 0 radical (unpaired) electrons. The maximum absolute atomic E-state index is 12.6. The Labute approximate surface area is 105 Å². The molecule has 0 aliphatic carbocycles. The summed E-state index contributed by atoms with van der Waals surface area (Å²) >= 11 is 0. The first-order valence-electron chi connectivity index (χ1n) is 5.18. The van der Waals surface area contributed by atoms with Crippen LogP contribution >= 0.6 is 0 Å². The van der Waals surface area contributed by atoms with Crippen LogP contribution < -0.4 is 16.6 Å². The molecule has 102 valence electrons. The highest BCUT2D eigenvalue weighted by Gasteiger charge is 2.33. The summed E-state index contributed by atoms with van der Waals surface area (Å²) in [7, 11) is 0. The quantitative estimate of drug-likeness (QED) is 0.583. The van der Waals surface area contributed by atoms with E-state index in [1.165, 1.54) is 6.26 Å². The Hall–Kier alpha value is -2.29. The molecule has 6 nitrogen and oxygen atoms in total. The summed E-state index contributed by atoms with van der Waals surface area (Å²) in [4.78, 5) is 7.00. The van der Waals surface area contributed by atoms with E-state index in [1.54, 1.807) is 12.1 Å². The molecule has 2 heterocycles. The van der Waals surface area contributed by atoms with Gasteiger partial charge in [-0.2, -0.15) is 18.2 Å². The predicted molar refractivity (Wildman–Crippen MR) is 60.9 cm³/mol. The molecule has 0 atom stereocenters. The van der Waals surface area contributed by atoms with E-state index < -0.39 is 11.9 Å². The second-order valence-electron chi connectivity index (χ2n) is 3.54. The molecule has 0 unspecified atom stereocenters. The molecule has 0 aliphatic rings. The molecule has 2 aromatic rings. The molecular weight excluding hydrogens is 263 g/mol. The van der Waals surface area contributed by atoms with Crippen molar-refractivity contribution in [3.8, 4) is 0 Å². The summed E-state index contributed by atoms with van der Waals surface area (Å²) in [5, 5.41) is 2.69. The van der Waals surface area contributed by atoms with E-state index >= 15 is 0 Å². The monoisotopic (exact) mass is 273 g/mol. The number of rotatable bonds is 4. The Morgan fingerprint density at radius 3 is 2.68 bits per heavy atom. The number of halogens is 3. The van der Waals surface area contributed by atoms with Crippen LogP contribution in [0, 0.1) is 0 Å². The van der Waals surface area contributed by atoms with E-state index in [1.807, 2.05) is 5.43 Å². The van der Waals surface area contributed by atoms with Crippen LogP contribution in [0.1, 0.15) is 11.5 Å². The highest BCUT2D eigenvalue weighted by atomic mass is 19.4. The zero-order valence-electron chi connectivity index (χ0n) is 9.53. The van der Waals surface area contributed by atoms with Gasteiger partial charge in [-0.1, -0.05) is 0 Å². The van der Waals surface area contributed by atoms with Crippen molar-refractivity contribution in [3.63, 3.8) is 0 Å². The van der Waals surface area contributed by atoms with Crippen LogP contribution in [0.15, 0.2) is 28.9 Å². The lowest BCUT2D eigenvalue weighted by molar-refractivity contribution is -0.141. The molecule has 0 bridgehead atoms. The van der Waals surface area contributed by atoms with Gasteiger partial charge in [-0.3, -0.25) is 5.43 Å². The van der Waals surface area contributed by atoms with Crippen molar-refractivity contribution < 1.29 is 17.6 Å². The largest absolute Gasteiger partial charge is 0.467 e. The van der Waals surface area contributed by atoms with Crippen molar-refractivity contribution in [3.05, 3.63) is 35.9 Å². The van der Waals surface area contributed by atoms with Crippen molar-refractivity contribution in [2.24, 2.45) is 5.84 Å². The van der Waals surface area contributed by atoms with Crippen LogP contribution in [0.4, 0.5) is 24.9 Å². The van der Waals surface area contributed by atoms with Crippen molar-refractivity contribution in [2.75, 3.05) is 10.7 Å². The first-order valence-corrected chi connectivity index (χ1v) is 5.18. The van der Waals surface area contributed by atoms with Gasteiger partial charge in [0.05, 0.1) is 12.8 Å². The molecule has 0 spiro atoms. The number of hydrazine groups is 1. The minimum absolute atomic E-state index is 0.00771. The minimum atomic E-state index is -4.57. The van der Waals surface area contributed by atoms with Gasteiger partial charge in [0.1, 0.15) is 11.6 Å². The maximum atomic E-state index is 12.6. The third-order valence-electron chi connectivity index (χ3n) is 2.17. The molecule has 0 fully saturated rings. The van der Waals surface area contributed by atoms with Gasteiger partial charge in [-0.05, 0) is 12.1 Å². The molecule has 2 rings (SSSR count). The van der Waals surface area contributed by atoms with Gasteiger partial charge in [-0.15, -0.1) is 0 Å². The summed E-state index contributed by atoms with van der Waals surface area (Å²) in [6.45, 7) is 0.200. The lowest BCUT2D eigenvalue weighted by atomic mass is 10.3. The van der Waals surface area contributed by atoms with Crippen molar-refractivity contribution in [1.29, 1.82) is 0 Å². The fourth-order valence-corrected chi connectivity index (χ4v) is 1.34.